The lowest BCUT2D eigenvalue weighted by molar-refractivity contribution is 0.625. The Balaban J connectivity index is 1.79. The van der Waals surface area contributed by atoms with Crippen molar-refractivity contribution in [3.63, 3.8) is 0 Å². The number of aromatic nitrogens is 4. The van der Waals surface area contributed by atoms with E-state index in [1.807, 2.05) is 12.1 Å². The summed E-state index contributed by atoms with van der Waals surface area (Å²) in [6.45, 7) is 1.01. The second-order valence-electron chi connectivity index (χ2n) is 3.08. The molecule has 2 heterocycles. The summed E-state index contributed by atoms with van der Waals surface area (Å²) in [7, 11) is 0. The second-order valence-corrected chi connectivity index (χ2v) is 3.08. The van der Waals surface area contributed by atoms with E-state index in [4.69, 9.17) is 0 Å². The molecule has 0 saturated carbocycles. The molecule has 2 aromatic rings. The minimum absolute atomic E-state index is 0.819. The predicted molar refractivity (Wildman–Crippen MR) is 52.6 cm³/mol. The third kappa shape index (κ3) is 2.39. The normalized spacial score (nSPS) is 10.3. The second kappa shape index (κ2) is 4.50. The maximum Gasteiger partial charge on any atom is 0.150 e. The highest BCUT2D eigenvalue weighted by Gasteiger charge is 1.95. The molecule has 2 aromatic heterocycles. The average Bonchev–Trinajstić information content (AvgIpc) is 2.72. The van der Waals surface area contributed by atoms with Gasteiger partial charge in [-0.2, -0.15) is 5.10 Å². The molecule has 0 aliphatic heterocycles. The monoisotopic (exact) mass is 188 g/mol. The van der Waals surface area contributed by atoms with Crippen molar-refractivity contribution in [2.24, 2.45) is 0 Å². The van der Waals surface area contributed by atoms with Gasteiger partial charge in [0.25, 0.3) is 0 Å². The van der Waals surface area contributed by atoms with Crippen molar-refractivity contribution >= 4 is 0 Å². The quantitative estimate of drug-likeness (QED) is 0.726. The highest BCUT2D eigenvalue weighted by atomic mass is 15.1. The van der Waals surface area contributed by atoms with Crippen LogP contribution in [0.5, 0.6) is 0 Å². The number of hydrogen-bond donors (Lipinski definition) is 0. The molecule has 14 heavy (non-hydrogen) atoms. The third-order valence-electron chi connectivity index (χ3n) is 2.01. The summed E-state index contributed by atoms with van der Waals surface area (Å²) < 4.78 is 2.15. The lowest BCUT2D eigenvalue weighted by Gasteiger charge is -2.00. The van der Waals surface area contributed by atoms with Gasteiger partial charge in [0.2, 0.25) is 0 Å². The van der Waals surface area contributed by atoms with Crippen LogP contribution in [0.3, 0.4) is 0 Å². The van der Waals surface area contributed by atoms with Crippen molar-refractivity contribution in [3.05, 3.63) is 42.7 Å². The van der Waals surface area contributed by atoms with Crippen LogP contribution in [0.2, 0.25) is 0 Å². The zero-order valence-electron chi connectivity index (χ0n) is 7.87. The number of nitrogens with zero attached hydrogens (tertiary/aromatic N) is 4. The molecule has 0 amide bonds. The summed E-state index contributed by atoms with van der Waals surface area (Å²) in [5, 5.41) is 7.71. The number of aryl methyl sites for hydroxylation is 2. The van der Waals surface area contributed by atoms with Gasteiger partial charge in [-0.15, -0.1) is 5.10 Å². The summed E-state index contributed by atoms with van der Waals surface area (Å²) >= 11 is 0. The fourth-order valence-electron chi connectivity index (χ4n) is 1.33. The summed E-state index contributed by atoms with van der Waals surface area (Å²) in [4.78, 5) is 4.11. The molecule has 0 aliphatic carbocycles. The molecule has 4 heteroatoms. The van der Waals surface area contributed by atoms with Gasteiger partial charge < -0.3 is 4.57 Å². The molecule has 0 radical (unpaired) electrons. The van der Waals surface area contributed by atoms with Crippen LogP contribution in [0.25, 0.3) is 0 Å². The number of rotatable bonds is 4. The summed E-state index contributed by atoms with van der Waals surface area (Å²) in [5.74, 6) is 0.819. The zero-order valence-corrected chi connectivity index (χ0v) is 7.87. The largest absolute Gasteiger partial charge is 0.354 e. The van der Waals surface area contributed by atoms with Crippen LogP contribution in [0.15, 0.2) is 36.9 Å². The molecule has 4 nitrogen and oxygen atoms in total. The van der Waals surface area contributed by atoms with Gasteiger partial charge in [0.05, 0.1) is 6.20 Å². The fourth-order valence-corrected chi connectivity index (χ4v) is 1.33. The van der Waals surface area contributed by atoms with Crippen molar-refractivity contribution in [2.75, 3.05) is 0 Å². The van der Waals surface area contributed by atoms with Crippen LogP contribution in [0.1, 0.15) is 12.2 Å². The highest BCUT2D eigenvalue weighted by molar-refractivity contribution is 4.90. The maximum atomic E-state index is 4.11. The molecule has 0 aromatic carbocycles. The lowest BCUT2D eigenvalue weighted by Crippen LogP contribution is -2.00. The molecular weight excluding hydrogens is 176 g/mol. The van der Waals surface area contributed by atoms with Crippen molar-refractivity contribution in [1.29, 1.82) is 0 Å². The molecule has 0 N–H and O–H groups in total. The van der Waals surface area contributed by atoms with E-state index >= 15 is 0 Å². The first-order chi connectivity index (χ1) is 6.95. The van der Waals surface area contributed by atoms with Crippen LogP contribution in [0.4, 0.5) is 0 Å². The van der Waals surface area contributed by atoms with E-state index in [-0.39, 0.29) is 0 Å². The van der Waals surface area contributed by atoms with Crippen LogP contribution in [-0.4, -0.2) is 19.7 Å². The summed E-state index contributed by atoms with van der Waals surface area (Å²) in [6.07, 6.45) is 9.31. The maximum absolute atomic E-state index is 4.11. The lowest BCUT2D eigenvalue weighted by atomic mass is 10.3. The van der Waals surface area contributed by atoms with Gasteiger partial charge in [-0.25, -0.2) is 4.98 Å². The van der Waals surface area contributed by atoms with Crippen LogP contribution in [-0.2, 0) is 13.0 Å². The third-order valence-corrected chi connectivity index (χ3v) is 2.01. The molecule has 0 atom stereocenters. The molecular formula is C10H12N4. The van der Waals surface area contributed by atoms with E-state index in [0.717, 1.165) is 25.2 Å². The minimum atomic E-state index is 0.819. The molecule has 0 bridgehead atoms. The zero-order chi connectivity index (χ0) is 9.64. The Morgan fingerprint density at radius 2 is 2.00 bits per heavy atom. The summed E-state index contributed by atoms with van der Waals surface area (Å²) in [6, 6.07) is 4.06. The van der Waals surface area contributed by atoms with Crippen LogP contribution < -0.4 is 0 Å². The van der Waals surface area contributed by atoms with Crippen molar-refractivity contribution in [3.8, 4) is 0 Å². The first-order valence-corrected chi connectivity index (χ1v) is 4.68. The van der Waals surface area contributed by atoms with Gasteiger partial charge in [-0.1, -0.05) is 0 Å². The van der Waals surface area contributed by atoms with Gasteiger partial charge in [-0.05, 0) is 18.6 Å². The Morgan fingerprint density at radius 1 is 1.14 bits per heavy atom. The van der Waals surface area contributed by atoms with E-state index in [0.29, 0.717) is 0 Å². The Labute approximate surface area is 82.6 Å². The van der Waals surface area contributed by atoms with Crippen molar-refractivity contribution < 1.29 is 0 Å². The molecule has 0 fully saturated rings. The molecule has 2 rings (SSSR count). The Hall–Kier alpha value is -1.71. The Morgan fingerprint density at radius 3 is 2.71 bits per heavy atom. The molecule has 72 valence electrons. The van der Waals surface area contributed by atoms with E-state index in [9.17, 15) is 0 Å². The van der Waals surface area contributed by atoms with Crippen LogP contribution >= 0.6 is 0 Å². The van der Waals surface area contributed by atoms with Crippen molar-refractivity contribution in [2.45, 2.75) is 19.4 Å². The summed E-state index contributed by atoms with van der Waals surface area (Å²) in [5.41, 5.74) is 0. The number of hydrogen-bond acceptors (Lipinski definition) is 3. The fraction of sp³-hybridized carbons (Fsp3) is 0.300. The van der Waals surface area contributed by atoms with Gasteiger partial charge in [0, 0.05) is 31.6 Å². The van der Waals surface area contributed by atoms with E-state index in [1.165, 1.54) is 0 Å². The highest BCUT2D eigenvalue weighted by Crippen LogP contribution is 1.97. The topological polar surface area (TPSA) is 43.6 Å². The first-order valence-electron chi connectivity index (χ1n) is 4.68. The molecule has 0 unspecified atom stereocenters. The van der Waals surface area contributed by atoms with Crippen LogP contribution in [0, 0.1) is 0 Å². The molecule has 0 spiro atoms. The minimum Gasteiger partial charge on any atom is -0.354 e. The SMILES string of the molecule is c1ccn(CCCc2nccnn2)c1. The van der Waals surface area contributed by atoms with E-state index < -0.39 is 0 Å². The molecule has 0 aliphatic rings. The predicted octanol–water partition coefficient (Wildman–Crippen LogP) is 1.31. The Bertz CT molecular complexity index is 355. The van der Waals surface area contributed by atoms with E-state index in [1.54, 1.807) is 12.4 Å². The van der Waals surface area contributed by atoms with Gasteiger partial charge in [-0.3, -0.25) is 0 Å². The van der Waals surface area contributed by atoms with Gasteiger partial charge >= 0.3 is 0 Å². The van der Waals surface area contributed by atoms with Crippen molar-refractivity contribution in [1.82, 2.24) is 19.7 Å². The molecule has 0 saturated heterocycles. The average molecular weight is 188 g/mol. The Kier molecular flexibility index (Phi) is 2.85. The van der Waals surface area contributed by atoms with Gasteiger partial charge in [0.1, 0.15) is 0 Å². The van der Waals surface area contributed by atoms with Gasteiger partial charge in [0.15, 0.2) is 5.82 Å². The smallest absolute Gasteiger partial charge is 0.150 e. The van der Waals surface area contributed by atoms with E-state index in [2.05, 4.69) is 32.1 Å². The first kappa shape index (κ1) is 8.87. The standard InChI is InChI=1S/C10H12N4/c1-2-8-14(7-1)9-3-4-10-11-5-6-12-13-10/h1-2,5-8H,3-4,9H2.